The van der Waals surface area contributed by atoms with Gasteiger partial charge in [-0.2, -0.15) is 0 Å². The highest BCUT2D eigenvalue weighted by atomic mass is 32.1. The van der Waals surface area contributed by atoms with Crippen molar-refractivity contribution >= 4 is 17.2 Å². The molecular weight excluding hydrogens is 306 g/mol. The fourth-order valence-electron chi connectivity index (χ4n) is 2.95. The zero-order valence-corrected chi connectivity index (χ0v) is 14.5. The molecule has 23 heavy (non-hydrogen) atoms. The predicted molar refractivity (Wildman–Crippen MR) is 93.9 cm³/mol. The molecule has 0 spiro atoms. The Morgan fingerprint density at radius 3 is 2.70 bits per heavy atom. The minimum atomic E-state index is -0.00205. The van der Waals surface area contributed by atoms with E-state index in [1.54, 1.807) is 16.2 Å². The molecule has 1 aromatic heterocycles. The monoisotopic (exact) mass is 329 g/mol. The number of aromatic nitrogens is 1. The smallest absolute Gasteiger partial charge is 0.273 e. The van der Waals surface area contributed by atoms with Crippen molar-refractivity contribution in [1.82, 2.24) is 15.2 Å². The van der Waals surface area contributed by atoms with Crippen LogP contribution in [0.15, 0.2) is 35.7 Å². The van der Waals surface area contributed by atoms with Crippen LogP contribution < -0.4 is 5.32 Å². The zero-order valence-electron chi connectivity index (χ0n) is 13.7. The van der Waals surface area contributed by atoms with E-state index >= 15 is 0 Å². The van der Waals surface area contributed by atoms with Gasteiger partial charge in [-0.05, 0) is 38.4 Å². The minimum absolute atomic E-state index is 0.00205. The molecule has 0 saturated carbocycles. The van der Waals surface area contributed by atoms with Gasteiger partial charge in [-0.3, -0.25) is 4.79 Å². The Hall–Kier alpha value is -1.72. The summed E-state index contributed by atoms with van der Waals surface area (Å²) in [6.45, 7) is 4.13. The molecule has 3 rings (SSSR count). The van der Waals surface area contributed by atoms with Crippen molar-refractivity contribution in [2.45, 2.75) is 31.7 Å². The van der Waals surface area contributed by atoms with Gasteiger partial charge in [-0.1, -0.05) is 30.3 Å². The van der Waals surface area contributed by atoms with Crippen LogP contribution in [-0.4, -0.2) is 35.9 Å². The molecule has 5 heteroatoms. The van der Waals surface area contributed by atoms with Crippen molar-refractivity contribution in [2.75, 3.05) is 20.1 Å². The first kappa shape index (κ1) is 16.1. The van der Waals surface area contributed by atoms with Crippen LogP contribution in [0.5, 0.6) is 0 Å². The van der Waals surface area contributed by atoms with Crippen molar-refractivity contribution in [2.24, 2.45) is 0 Å². The van der Waals surface area contributed by atoms with Gasteiger partial charge in [0, 0.05) is 18.3 Å². The number of nitrogens with zero attached hydrogens (tertiary/aromatic N) is 2. The SMILES string of the molecule is CC(c1ccccc1)N(C)C(=O)c1csc(C2CCNCC2)n1. The third-order valence-corrected chi connectivity index (χ3v) is 5.62. The molecule has 0 radical (unpaired) electrons. The van der Waals surface area contributed by atoms with Crippen molar-refractivity contribution in [3.63, 3.8) is 0 Å². The van der Waals surface area contributed by atoms with E-state index in [-0.39, 0.29) is 11.9 Å². The Morgan fingerprint density at radius 1 is 1.30 bits per heavy atom. The second-order valence-corrected chi connectivity index (χ2v) is 6.99. The largest absolute Gasteiger partial charge is 0.334 e. The van der Waals surface area contributed by atoms with Gasteiger partial charge in [0.15, 0.2) is 0 Å². The van der Waals surface area contributed by atoms with E-state index in [1.165, 1.54) is 0 Å². The summed E-state index contributed by atoms with van der Waals surface area (Å²) in [5, 5.41) is 6.38. The fraction of sp³-hybridized carbons (Fsp3) is 0.444. The third kappa shape index (κ3) is 3.62. The highest BCUT2D eigenvalue weighted by Crippen LogP contribution is 2.29. The topological polar surface area (TPSA) is 45.2 Å². The summed E-state index contributed by atoms with van der Waals surface area (Å²) in [4.78, 5) is 19.1. The highest BCUT2D eigenvalue weighted by Gasteiger charge is 2.24. The lowest BCUT2D eigenvalue weighted by Crippen LogP contribution is -2.30. The summed E-state index contributed by atoms with van der Waals surface area (Å²) in [6, 6.07) is 10.1. The number of piperidine rings is 1. The molecule has 0 aliphatic carbocycles. The van der Waals surface area contributed by atoms with E-state index in [2.05, 4.69) is 22.4 Å². The van der Waals surface area contributed by atoms with Crippen molar-refractivity contribution < 1.29 is 4.79 Å². The van der Waals surface area contributed by atoms with Gasteiger partial charge in [0.1, 0.15) is 5.69 Å². The van der Waals surface area contributed by atoms with Crippen molar-refractivity contribution in [3.8, 4) is 0 Å². The summed E-state index contributed by atoms with van der Waals surface area (Å²) < 4.78 is 0. The lowest BCUT2D eigenvalue weighted by atomic mass is 9.99. The summed E-state index contributed by atoms with van der Waals surface area (Å²) in [5.74, 6) is 0.498. The maximum Gasteiger partial charge on any atom is 0.273 e. The van der Waals surface area contributed by atoms with E-state index < -0.39 is 0 Å². The first-order chi connectivity index (χ1) is 11.2. The molecule has 2 heterocycles. The Balaban J connectivity index is 1.71. The third-order valence-electron chi connectivity index (χ3n) is 4.61. The number of hydrogen-bond acceptors (Lipinski definition) is 4. The van der Waals surface area contributed by atoms with E-state index in [1.807, 2.05) is 37.6 Å². The Kier molecular flexibility index (Phi) is 5.08. The van der Waals surface area contributed by atoms with Crippen LogP contribution in [0, 0.1) is 0 Å². The van der Waals surface area contributed by atoms with Gasteiger partial charge in [0.25, 0.3) is 5.91 Å². The lowest BCUT2D eigenvalue weighted by molar-refractivity contribution is 0.0737. The summed E-state index contributed by atoms with van der Waals surface area (Å²) in [6.07, 6.45) is 2.22. The second-order valence-electron chi connectivity index (χ2n) is 6.10. The molecule has 1 N–H and O–H groups in total. The molecule has 1 aliphatic rings. The standard InChI is InChI=1S/C18H23N3OS/c1-13(14-6-4-3-5-7-14)21(2)18(22)16-12-23-17(20-16)15-8-10-19-11-9-15/h3-7,12-13,15,19H,8-11H2,1-2H3. The molecule has 1 fully saturated rings. The van der Waals surface area contributed by atoms with Gasteiger partial charge in [-0.25, -0.2) is 4.98 Å². The van der Waals surface area contributed by atoms with E-state index in [0.717, 1.165) is 36.5 Å². The molecule has 1 unspecified atom stereocenters. The first-order valence-corrected chi connectivity index (χ1v) is 9.03. The fourth-order valence-corrected chi connectivity index (χ4v) is 3.92. The maximum absolute atomic E-state index is 12.7. The van der Waals surface area contributed by atoms with E-state index in [4.69, 9.17) is 0 Å². The molecular formula is C18H23N3OS. The highest BCUT2D eigenvalue weighted by molar-refractivity contribution is 7.09. The first-order valence-electron chi connectivity index (χ1n) is 8.15. The minimum Gasteiger partial charge on any atom is -0.334 e. The summed E-state index contributed by atoms with van der Waals surface area (Å²) in [7, 11) is 1.85. The van der Waals surface area contributed by atoms with Crippen LogP contribution >= 0.6 is 11.3 Å². The quantitative estimate of drug-likeness (QED) is 0.934. The molecule has 2 aromatic rings. The van der Waals surface area contributed by atoms with E-state index in [9.17, 15) is 4.79 Å². The normalized spacial score (nSPS) is 17.0. The number of hydrogen-bond donors (Lipinski definition) is 1. The van der Waals surface area contributed by atoms with E-state index in [0.29, 0.717) is 11.6 Å². The molecule has 1 atom stereocenters. The Bertz CT molecular complexity index is 649. The molecule has 1 aliphatic heterocycles. The summed E-state index contributed by atoms with van der Waals surface area (Å²) >= 11 is 1.62. The van der Waals surface area contributed by atoms with Gasteiger partial charge < -0.3 is 10.2 Å². The zero-order chi connectivity index (χ0) is 16.2. The number of carbonyl (C=O) groups is 1. The van der Waals surface area contributed by atoms with Crippen LogP contribution in [-0.2, 0) is 0 Å². The van der Waals surface area contributed by atoms with Gasteiger partial charge in [0.2, 0.25) is 0 Å². The Labute approximate surface area is 141 Å². The van der Waals surface area contributed by atoms with Crippen LogP contribution in [0.4, 0.5) is 0 Å². The molecule has 1 saturated heterocycles. The molecule has 0 bridgehead atoms. The van der Waals surface area contributed by atoms with Crippen LogP contribution in [0.2, 0.25) is 0 Å². The number of nitrogens with one attached hydrogen (secondary N) is 1. The second kappa shape index (κ2) is 7.23. The molecule has 1 aromatic carbocycles. The van der Waals surface area contributed by atoms with Crippen molar-refractivity contribution in [3.05, 3.63) is 52.0 Å². The maximum atomic E-state index is 12.7. The number of carbonyl (C=O) groups excluding carboxylic acids is 1. The van der Waals surface area contributed by atoms with Gasteiger partial charge in [0.05, 0.1) is 11.0 Å². The number of amides is 1. The summed E-state index contributed by atoms with van der Waals surface area (Å²) in [5.41, 5.74) is 1.71. The van der Waals surface area contributed by atoms with Crippen LogP contribution in [0.1, 0.15) is 52.8 Å². The lowest BCUT2D eigenvalue weighted by Gasteiger charge is -2.24. The molecule has 122 valence electrons. The van der Waals surface area contributed by atoms with Crippen LogP contribution in [0.25, 0.3) is 0 Å². The number of benzene rings is 1. The molecule has 1 amide bonds. The Morgan fingerprint density at radius 2 is 2.00 bits per heavy atom. The number of rotatable bonds is 4. The number of thiazole rings is 1. The predicted octanol–water partition coefficient (Wildman–Crippen LogP) is 3.44. The van der Waals surface area contributed by atoms with Crippen molar-refractivity contribution in [1.29, 1.82) is 0 Å². The van der Waals surface area contributed by atoms with Gasteiger partial charge in [-0.15, -0.1) is 11.3 Å². The molecule has 4 nitrogen and oxygen atoms in total. The average molecular weight is 329 g/mol. The van der Waals surface area contributed by atoms with Crippen LogP contribution in [0.3, 0.4) is 0 Å². The van der Waals surface area contributed by atoms with Gasteiger partial charge >= 0.3 is 0 Å². The average Bonchev–Trinajstić information content (AvgIpc) is 3.11.